The number of aromatic nitrogens is 2. The first kappa shape index (κ1) is 16.5. The Morgan fingerprint density at radius 1 is 1.29 bits per heavy atom. The van der Waals surface area contributed by atoms with Gasteiger partial charge >= 0.3 is 5.97 Å². The molecule has 0 spiro atoms. The summed E-state index contributed by atoms with van der Waals surface area (Å²) in [6, 6.07) is 5.49. The van der Waals surface area contributed by atoms with Gasteiger partial charge in [0.15, 0.2) is 6.61 Å². The highest BCUT2D eigenvalue weighted by Crippen LogP contribution is 2.19. The molecule has 0 aliphatic rings. The Morgan fingerprint density at radius 2 is 2.17 bits per heavy atom. The van der Waals surface area contributed by atoms with Gasteiger partial charge in [0.25, 0.3) is 0 Å². The maximum atomic E-state index is 11.9. The molecule has 0 saturated carbocycles. The molecule has 0 fully saturated rings. The van der Waals surface area contributed by atoms with E-state index in [4.69, 9.17) is 9.26 Å². The van der Waals surface area contributed by atoms with Gasteiger partial charge in [0.1, 0.15) is 0 Å². The van der Waals surface area contributed by atoms with Gasteiger partial charge in [0.05, 0.1) is 11.3 Å². The lowest BCUT2D eigenvalue weighted by atomic mass is 10.3. The largest absolute Gasteiger partial charge is 0.457 e. The molecule has 3 rings (SSSR count). The zero-order valence-electron chi connectivity index (χ0n) is 12.9. The van der Waals surface area contributed by atoms with Crippen LogP contribution in [0.1, 0.15) is 26.9 Å². The number of nitrogens with zero attached hydrogens (tertiary/aromatic N) is 2. The van der Waals surface area contributed by atoms with E-state index in [1.165, 1.54) is 11.3 Å². The minimum absolute atomic E-state index is 0.0853. The molecule has 3 aromatic heterocycles. The fourth-order valence-corrected chi connectivity index (χ4v) is 3.37. The number of hydrogen-bond acceptors (Lipinski definition) is 8. The van der Waals surface area contributed by atoms with Gasteiger partial charge in [-0.3, -0.25) is 9.59 Å². The van der Waals surface area contributed by atoms with Gasteiger partial charge in [0, 0.05) is 22.2 Å². The molecular formula is C16H14N2O4S2. The fourth-order valence-electron chi connectivity index (χ4n) is 1.95. The normalized spacial score (nSPS) is 10.7. The van der Waals surface area contributed by atoms with Crippen LogP contribution in [0.4, 0.5) is 0 Å². The predicted octanol–water partition coefficient (Wildman–Crippen LogP) is 3.53. The maximum Gasteiger partial charge on any atom is 0.306 e. The number of ketones is 1. The number of aryl methyl sites for hydroxylation is 2. The van der Waals surface area contributed by atoms with Crippen molar-refractivity contribution in [1.82, 2.24) is 10.1 Å². The summed E-state index contributed by atoms with van der Waals surface area (Å²) in [5, 5.41) is 7.71. The van der Waals surface area contributed by atoms with Crippen molar-refractivity contribution >= 4 is 34.4 Å². The number of hydrogen-bond donors (Lipinski definition) is 0. The van der Waals surface area contributed by atoms with Crippen LogP contribution in [-0.4, -0.2) is 28.5 Å². The Kier molecular flexibility index (Phi) is 5.17. The second-order valence-corrected chi connectivity index (χ2v) is 7.09. The van der Waals surface area contributed by atoms with E-state index in [0.717, 1.165) is 10.4 Å². The second kappa shape index (κ2) is 7.50. The van der Waals surface area contributed by atoms with Crippen LogP contribution in [0.15, 0.2) is 33.5 Å². The highest BCUT2D eigenvalue weighted by atomic mass is 32.1. The van der Waals surface area contributed by atoms with Crippen molar-refractivity contribution in [3.63, 3.8) is 0 Å². The topological polar surface area (TPSA) is 82.3 Å². The van der Waals surface area contributed by atoms with Crippen LogP contribution in [0, 0.1) is 6.92 Å². The number of carbonyl (C=O) groups is 2. The third-order valence-electron chi connectivity index (χ3n) is 3.17. The molecule has 24 heavy (non-hydrogen) atoms. The standard InChI is InChI=1S/C16H14N2O4S2/c1-10-2-3-13(24-10)12(19)8-21-15(20)5-4-14-17-16(18-22-14)11-6-7-23-9-11/h2-3,6-7,9H,4-5,8H2,1H3. The average molecular weight is 362 g/mol. The van der Waals surface area contributed by atoms with Gasteiger partial charge < -0.3 is 9.26 Å². The number of esters is 1. The molecule has 0 amide bonds. The van der Waals surface area contributed by atoms with E-state index in [2.05, 4.69) is 10.1 Å². The van der Waals surface area contributed by atoms with E-state index in [9.17, 15) is 9.59 Å². The lowest BCUT2D eigenvalue weighted by Gasteiger charge is -2.01. The first-order chi connectivity index (χ1) is 11.6. The highest BCUT2D eigenvalue weighted by molar-refractivity contribution is 7.14. The summed E-state index contributed by atoms with van der Waals surface area (Å²) in [6.45, 7) is 1.67. The quantitative estimate of drug-likeness (QED) is 0.472. The summed E-state index contributed by atoms with van der Waals surface area (Å²) >= 11 is 2.93. The fraction of sp³-hybridized carbons (Fsp3) is 0.250. The average Bonchev–Trinajstić information content (AvgIpc) is 3.30. The van der Waals surface area contributed by atoms with E-state index in [1.807, 2.05) is 29.8 Å². The molecule has 3 heterocycles. The molecule has 0 unspecified atom stereocenters. The van der Waals surface area contributed by atoms with Gasteiger partial charge in [-0.1, -0.05) is 5.16 Å². The van der Waals surface area contributed by atoms with Crippen molar-refractivity contribution in [2.75, 3.05) is 6.61 Å². The maximum absolute atomic E-state index is 11.9. The smallest absolute Gasteiger partial charge is 0.306 e. The monoisotopic (exact) mass is 362 g/mol. The predicted molar refractivity (Wildman–Crippen MR) is 90.3 cm³/mol. The van der Waals surface area contributed by atoms with Gasteiger partial charge in [-0.15, -0.1) is 11.3 Å². The highest BCUT2D eigenvalue weighted by Gasteiger charge is 2.14. The van der Waals surface area contributed by atoms with E-state index in [-0.39, 0.29) is 25.2 Å². The molecule has 0 atom stereocenters. The van der Waals surface area contributed by atoms with Crippen LogP contribution in [-0.2, 0) is 16.0 Å². The van der Waals surface area contributed by atoms with Crippen LogP contribution in [0.3, 0.4) is 0 Å². The third kappa shape index (κ3) is 4.15. The van der Waals surface area contributed by atoms with Crippen LogP contribution >= 0.6 is 22.7 Å². The summed E-state index contributed by atoms with van der Waals surface area (Å²) in [5.41, 5.74) is 0.884. The first-order valence-electron chi connectivity index (χ1n) is 7.22. The molecule has 0 aromatic carbocycles. The SMILES string of the molecule is Cc1ccc(C(=O)COC(=O)CCc2nc(-c3ccsc3)no2)s1. The number of carbonyl (C=O) groups excluding carboxylic acids is 2. The summed E-state index contributed by atoms with van der Waals surface area (Å²) in [4.78, 5) is 29.5. The van der Waals surface area contributed by atoms with Crippen LogP contribution in [0.2, 0.25) is 0 Å². The Morgan fingerprint density at radius 3 is 2.88 bits per heavy atom. The molecule has 0 aliphatic carbocycles. The Balaban J connectivity index is 1.45. The summed E-state index contributed by atoms with van der Waals surface area (Å²) in [6.07, 6.45) is 0.365. The summed E-state index contributed by atoms with van der Waals surface area (Å²) in [7, 11) is 0. The lowest BCUT2D eigenvalue weighted by Crippen LogP contribution is -2.13. The van der Waals surface area contributed by atoms with Crippen molar-refractivity contribution in [2.24, 2.45) is 0 Å². The van der Waals surface area contributed by atoms with E-state index in [1.54, 1.807) is 17.4 Å². The molecular weight excluding hydrogens is 348 g/mol. The first-order valence-corrected chi connectivity index (χ1v) is 8.98. The summed E-state index contributed by atoms with van der Waals surface area (Å²) < 4.78 is 10.1. The molecule has 6 nitrogen and oxygen atoms in total. The molecule has 124 valence electrons. The summed E-state index contributed by atoms with van der Waals surface area (Å²) in [5.74, 6) is 0.210. The minimum Gasteiger partial charge on any atom is -0.457 e. The minimum atomic E-state index is -0.466. The Hall–Kier alpha value is -2.32. The number of rotatable bonds is 7. The number of thiophene rings is 2. The van der Waals surface area contributed by atoms with Crippen molar-refractivity contribution in [2.45, 2.75) is 19.8 Å². The molecule has 0 saturated heterocycles. The van der Waals surface area contributed by atoms with Crippen molar-refractivity contribution in [1.29, 1.82) is 0 Å². The molecule has 0 bridgehead atoms. The zero-order valence-corrected chi connectivity index (χ0v) is 14.5. The van der Waals surface area contributed by atoms with Gasteiger partial charge in [0.2, 0.25) is 17.5 Å². The molecule has 0 radical (unpaired) electrons. The van der Waals surface area contributed by atoms with E-state index < -0.39 is 5.97 Å². The van der Waals surface area contributed by atoms with Gasteiger partial charge in [-0.2, -0.15) is 16.3 Å². The molecule has 0 N–H and O–H groups in total. The Labute approximate surface area is 146 Å². The lowest BCUT2D eigenvalue weighted by molar-refractivity contribution is -0.142. The second-order valence-electron chi connectivity index (χ2n) is 5.02. The Bertz CT molecular complexity index is 836. The third-order valence-corrected chi connectivity index (χ3v) is 4.89. The molecule has 0 aliphatic heterocycles. The van der Waals surface area contributed by atoms with Gasteiger partial charge in [-0.05, 0) is 30.5 Å². The van der Waals surface area contributed by atoms with Gasteiger partial charge in [-0.25, -0.2) is 0 Å². The van der Waals surface area contributed by atoms with Crippen molar-refractivity contribution < 1.29 is 18.8 Å². The van der Waals surface area contributed by atoms with E-state index >= 15 is 0 Å². The zero-order chi connectivity index (χ0) is 16.9. The molecule has 8 heteroatoms. The van der Waals surface area contributed by atoms with E-state index in [0.29, 0.717) is 16.6 Å². The van der Waals surface area contributed by atoms with Crippen LogP contribution in [0.25, 0.3) is 11.4 Å². The number of Topliss-reactive ketones (excluding diaryl/α,β-unsaturated/α-hetero) is 1. The van der Waals surface area contributed by atoms with Crippen LogP contribution in [0.5, 0.6) is 0 Å². The van der Waals surface area contributed by atoms with Crippen LogP contribution < -0.4 is 0 Å². The van der Waals surface area contributed by atoms with Crippen molar-refractivity contribution in [3.05, 3.63) is 44.6 Å². The molecule has 3 aromatic rings. The number of ether oxygens (including phenoxy) is 1. The van der Waals surface area contributed by atoms with Crippen molar-refractivity contribution in [3.8, 4) is 11.4 Å².